The van der Waals surface area contributed by atoms with Crippen LogP contribution in [0, 0.1) is 0 Å². The summed E-state index contributed by atoms with van der Waals surface area (Å²) in [5, 5.41) is 0.650. The highest BCUT2D eigenvalue weighted by molar-refractivity contribution is 6.30. The number of nitrogens with zero attached hydrogens (tertiary/aromatic N) is 3. The van der Waals surface area contributed by atoms with Crippen LogP contribution in [0.4, 0.5) is 0 Å². The van der Waals surface area contributed by atoms with Gasteiger partial charge < -0.3 is 15.5 Å². The molecule has 1 unspecified atom stereocenters. The van der Waals surface area contributed by atoms with Crippen molar-refractivity contribution in [2.75, 3.05) is 28.2 Å². The number of carbonyl (C=O) groups excluding carboxylic acids is 1. The number of aldehydes is 1. The highest BCUT2D eigenvalue weighted by Crippen LogP contribution is 2.32. The van der Waals surface area contributed by atoms with E-state index >= 15 is 0 Å². The lowest BCUT2D eigenvalue weighted by atomic mass is 9.95. The van der Waals surface area contributed by atoms with Crippen molar-refractivity contribution in [1.29, 1.82) is 0 Å². The van der Waals surface area contributed by atoms with Crippen molar-refractivity contribution in [3.8, 4) is 0 Å². The second kappa shape index (κ2) is 11.1. The van der Waals surface area contributed by atoms with Crippen molar-refractivity contribution < 1.29 is 4.79 Å². The SMILES string of the molecule is C=CC(N)=C(C=NC)C(c1ccc(Cl)cc1)N(C)C(/C=C(/C)C=O)=C/N(C)C. The van der Waals surface area contributed by atoms with E-state index in [0.717, 1.165) is 23.1 Å². The van der Waals surface area contributed by atoms with Gasteiger partial charge in [0.15, 0.2) is 0 Å². The first-order valence-electron chi connectivity index (χ1n) is 8.79. The summed E-state index contributed by atoms with van der Waals surface area (Å²) < 4.78 is 0. The van der Waals surface area contributed by atoms with Crippen LogP contribution in [0.5, 0.6) is 0 Å². The van der Waals surface area contributed by atoms with Crippen LogP contribution in [-0.4, -0.2) is 50.5 Å². The first kappa shape index (κ1) is 23.2. The fourth-order valence-corrected chi connectivity index (χ4v) is 2.85. The summed E-state index contributed by atoms with van der Waals surface area (Å²) in [6.45, 7) is 5.57. The number of nitrogens with two attached hydrogens (primary N) is 1. The minimum atomic E-state index is -0.263. The lowest BCUT2D eigenvalue weighted by Gasteiger charge is -2.33. The number of likely N-dealkylation sites (N-methyl/N-ethyl adjacent to an activating group) is 1. The minimum Gasteiger partial charge on any atom is -0.398 e. The van der Waals surface area contributed by atoms with Crippen LogP contribution in [0.2, 0.25) is 5.02 Å². The summed E-state index contributed by atoms with van der Waals surface area (Å²) in [5.41, 5.74) is 10.0. The highest BCUT2D eigenvalue weighted by Gasteiger charge is 2.24. The molecule has 1 atom stereocenters. The molecule has 0 saturated heterocycles. The third kappa shape index (κ3) is 6.43. The predicted octanol–water partition coefficient (Wildman–Crippen LogP) is 3.96. The van der Waals surface area contributed by atoms with Gasteiger partial charge in [-0.2, -0.15) is 0 Å². The number of aliphatic imine (C=N–C) groups is 1. The average Bonchev–Trinajstić information content (AvgIpc) is 2.67. The molecule has 0 aliphatic carbocycles. The third-order valence-electron chi connectivity index (χ3n) is 4.05. The van der Waals surface area contributed by atoms with E-state index in [9.17, 15) is 4.79 Å². The Kier molecular flexibility index (Phi) is 9.25. The molecule has 0 fully saturated rings. The van der Waals surface area contributed by atoms with Gasteiger partial charge in [-0.3, -0.25) is 9.79 Å². The maximum Gasteiger partial charge on any atom is 0.145 e. The van der Waals surface area contributed by atoms with Gasteiger partial charge in [-0.15, -0.1) is 0 Å². The Morgan fingerprint density at radius 3 is 2.32 bits per heavy atom. The van der Waals surface area contributed by atoms with Gasteiger partial charge in [0, 0.05) is 56.9 Å². The van der Waals surface area contributed by atoms with E-state index < -0.39 is 0 Å². The molecular formula is C22H29ClN4O. The van der Waals surface area contributed by atoms with E-state index in [1.807, 2.05) is 67.5 Å². The Morgan fingerprint density at radius 2 is 1.86 bits per heavy atom. The highest BCUT2D eigenvalue weighted by atomic mass is 35.5. The van der Waals surface area contributed by atoms with Crippen molar-refractivity contribution in [2.24, 2.45) is 10.7 Å². The molecule has 150 valence electrons. The van der Waals surface area contributed by atoms with Crippen molar-refractivity contribution in [3.63, 3.8) is 0 Å². The summed E-state index contributed by atoms with van der Waals surface area (Å²) in [5.74, 6) is 0. The van der Waals surface area contributed by atoms with Crippen molar-refractivity contribution in [2.45, 2.75) is 13.0 Å². The molecule has 0 saturated carbocycles. The van der Waals surface area contributed by atoms with Crippen LogP contribution in [0.25, 0.3) is 0 Å². The number of hydrogen-bond acceptors (Lipinski definition) is 5. The molecular weight excluding hydrogens is 372 g/mol. The number of halogens is 1. The number of carbonyl (C=O) groups is 1. The molecule has 0 aliphatic heterocycles. The first-order valence-corrected chi connectivity index (χ1v) is 9.17. The fraction of sp³-hybridized carbons (Fsp3) is 0.273. The Labute approximate surface area is 173 Å². The number of rotatable bonds is 9. The molecule has 0 heterocycles. The summed E-state index contributed by atoms with van der Waals surface area (Å²) in [4.78, 5) is 19.4. The molecule has 0 bridgehead atoms. The summed E-state index contributed by atoms with van der Waals surface area (Å²) in [6.07, 6.45) is 7.95. The second-order valence-electron chi connectivity index (χ2n) is 6.59. The monoisotopic (exact) mass is 400 g/mol. The average molecular weight is 401 g/mol. The largest absolute Gasteiger partial charge is 0.398 e. The van der Waals surface area contributed by atoms with Crippen LogP contribution < -0.4 is 5.73 Å². The first-order chi connectivity index (χ1) is 13.2. The van der Waals surface area contributed by atoms with Gasteiger partial charge in [0.25, 0.3) is 0 Å². The molecule has 1 aromatic carbocycles. The van der Waals surface area contributed by atoms with Gasteiger partial charge in [0.05, 0.1) is 11.7 Å². The van der Waals surface area contributed by atoms with Gasteiger partial charge in [-0.25, -0.2) is 0 Å². The smallest absolute Gasteiger partial charge is 0.145 e. The van der Waals surface area contributed by atoms with Crippen molar-refractivity contribution in [1.82, 2.24) is 9.80 Å². The maximum absolute atomic E-state index is 11.2. The van der Waals surface area contributed by atoms with Gasteiger partial charge in [0.2, 0.25) is 0 Å². The Hall–Kier alpha value is -2.79. The molecule has 0 spiro atoms. The molecule has 6 heteroatoms. The van der Waals surface area contributed by atoms with E-state index in [4.69, 9.17) is 17.3 Å². The molecule has 1 rings (SSSR count). The van der Waals surface area contributed by atoms with Gasteiger partial charge in [0.1, 0.15) is 6.29 Å². The lowest BCUT2D eigenvalue weighted by Crippen LogP contribution is -2.28. The van der Waals surface area contributed by atoms with Crippen molar-refractivity contribution >= 4 is 24.1 Å². The molecule has 0 aliphatic rings. The van der Waals surface area contributed by atoms with Gasteiger partial charge in [-0.05, 0) is 42.3 Å². The Morgan fingerprint density at radius 1 is 1.25 bits per heavy atom. The maximum atomic E-state index is 11.2. The Balaban J connectivity index is 3.71. The van der Waals surface area contributed by atoms with Crippen LogP contribution >= 0.6 is 11.6 Å². The van der Waals surface area contributed by atoms with Gasteiger partial charge >= 0.3 is 0 Å². The minimum absolute atomic E-state index is 0.263. The number of hydrogen-bond donors (Lipinski definition) is 1. The number of allylic oxidation sites excluding steroid dienone is 3. The molecule has 2 N–H and O–H groups in total. The second-order valence-corrected chi connectivity index (χ2v) is 7.03. The molecule has 1 aromatic rings. The van der Waals surface area contributed by atoms with Crippen LogP contribution in [0.15, 0.2) is 76.7 Å². The zero-order valence-corrected chi connectivity index (χ0v) is 17.9. The molecule has 0 amide bonds. The van der Waals surface area contributed by atoms with Crippen molar-refractivity contribution in [3.05, 3.63) is 82.3 Å². The van der Waals surface area contributed by atoms with Gasteiger partial charge in [-0.1, -0.05) is 30.3 Å². The zero-order valence-electron chi connectivity index (χ0n) is 17.2. The standard InChI is InChI=1S/C22H29ClN4O/c1-7-21(24)20(13-25-3)22(17-8-10-18(23)11-9-17)27(6)19(14-26(4)5)12-16(2)15-28/h7-15,22H,1,24H2,2-6H3/b16-12-,19-14+,21-20?,25-13?. The van der Waals surface area contributed by atoms with E-state index in [0.29, 0.717) is 16.3 Å². The lowest BCUT2D eigenvalue weighted by molar-refractivity contribution is -0.104. The van der Waals surface area contributed by atoms with Crippen LogP contribution in [-0.2, 0) is 4.79 Å². The fourth-order valence-electron chi connectivity index (χ4n) is 2.73. The third-order valence-corrected chi connectivity index (χ3v) is 4.30. The quantitative estimate of drug-likeness (QED) is 0.295. The van der Waals surface area contributed by atoms with Crippen LogP contribution in [0.3, 0.4) is 0 Å². The summed E-state index contributed by atoms with van der Waals surface area (Å²) in [6, 6.07) is 7.31. The van der Waals surface area contributed by atoms with Crippen LogP contribution in [0.1, 0.15) is 18.5 Å². The predicted molar refractivity (Wildman–Crippen MR) is 119 cm³/mol. The summed E-state index contributed by atoms with van der Waals surface area (Å²) in [7, 11) is 7.50. The topological polar surface area (TPSA) is 61.9 Å². The normalized spacial score (nSPS) is 14.5. The number of benzene rings is 1. The Bertz CT molecular complexity index is 804. The van der Waals surface area contributed by atoms with E-state index in [-0.39, 0.29) is 6.04 Å². The molecule has 5 nitrogen and oxygen atoms in total. The molecule has 0 radical (unpaired) electrons. The van der Waals surface area contributed by atoms with E-state index in [1.54, 1.807) is 26.3 Å². The van der Waals surface area contributed by atoms with E-state index in [1.165, 1.54) is 0 Å². The molecule has 28 heavy (non-hydrogen) atoms. The molecule has 0 aromatic heterocycles. The summed E-state index contributed by atoms with van der Waals surface area (Å²) >= 11 is 6.09. The zero-order chi connectivity index (χ0) is 21.3. The van der Waals surface area contributed by atoms with E-state index in [2.05, 4.69) is 11.6 Å².